The summed E-state index contributed by atoms with van der Waals surface area (Å²) in [5.74, 6) is 1.66. The first-order chi connectivity index (χ1) is 15.3. The number of ether oxygens (including phenoxy) is 1. The van der Waals surface area contributed by atoms with Crippen LogP contribution in [0, 0.1) is 6.92 Å². The molecule has 0 bridgehead atoms. The number of aromatic nitrogens is 2. The molecule has 0 radical (unpaired) electrons. The molecule has 4 heteroatoms. The lowest BCUT2D eigenvalue weighted by Gasteiger charge is -2.16. The number of anilines is 1. The standard InChI is InChI=1S/C27H23N3O/c1-19-6-5-9-25(28-17-20-10-15-24-26(16-20)30-18-29-24)27(19)21-11-13-23(14-12-21)31-22-7-3-2-4-8-22/h2-16,18,28H,17H2,1H3,(H,29,30). The third kappa shape index (κ3) is 4.14. The van der Waals surface area contributed by atoms with Crippen molar-refractivity contribution < 1.29 is 4.74 Å². The van der Waals surface area contributed by atoms with Gasteiger partial charge in [-0.05, 0) is 66.1 Å². The summed E-state index contributed by atoms with van der Waals surface area (Å²) >= 11 is 0. The molecule has 0 spiro atoms. The zero-order valence-electron chi connectivity index (χ0n) is 17.3. The van der Waals surface area contributed by atoms with E-state index in [-0.39, 0.29) is 0 Å². The van der Waals surface area contributed by atoms with Crippen molar-refractivity contribution in [2.75, 3.05) is 5.32 Å². The molecule has 0 saturated carbocycles. The number of fused-ring (bicyclic) bond motifs is 1. The van der Waals surface area contributed by atoms with Crippen molar-refractivity contribution in [3.63, 3.8) is 0 Å². The van der Waals surface area contributed by atoms with Crippen LogP contribution in [0.2, 0.25) is 0 Å². The molecule has 0 atom stereocenters. The minimum absolute atomic E-state index is 0.737. The number of H-pyrrole nitrogens is 1. The van der Waals surface area contributed by atoms with Crippen LogP contribution < -0.4 is 10.1 Å². The van der Waals surface area contributed by atoms with Crippen LogP contribution in [-0.4, -0.2) is 9.97 Å². The monoisotopic (exact) mass is 405 g/mol. The maximum Gasteiger partial charge on any atom is 0.127 e. The Balaban J connectivity index is 1.37. The third-order valence-corrected chi connectivity index (χ3v) is 5.36. The number of nitrogens with one attached hydrogen (secondary N) is 2. The summed E-state index contributed by atoms with van der Waals surface area (Å²) in [6, 6.07) is 30.8. The molecule has 0 aliphatic rings. The maximum atomic E-state index is 5.94. The van der Waals surface area contributed by atoms with E-state index in [9.17, 15) is 0 Å². The van der Waals surface area contributed by atoms with Gasteiger partial charge in [0.25, 0.3) is 0 Å². The molecule has 1 heterocycles. The first-order valence-electron chi connectivity index (χ1n) is 10.3. The van der Waals surface area contributed by atoms with Crippen LogP contribution in [0.15, 0.2) is 97.3 Å². The van der Waals surface area contributed by atoms with Gasteiger partial charge in [0, 0.05) is 17.8 Å². The van der Waals surface area contributed by atoms with Gasteiger partial charge in [0.05, 0.1) is 17.4 Å². The normalized spacial score (nSPS) is 10.9. The molecule has 1 aromatic heterocycles. The number of aryl methyl sites for hydroxylation is 1. The van der Waals surface area contributed by atoms with Crippen LogP contribution in [-0.2, 0) is 6.54 Å². The van der Waals surface area contributed by atoms with Crippen LogP contribution in [0.1, 0.15) is 11.1 Å². The van der Waals surface area contributed by atoms with E-state index in [1.165, 1.54) is 16.7 Å². The largest absolute Gasteiger partial charge is 0.457 e. The fourth-order valence-electron chi connectivity index (χ4n) is 3.80. The maximum absolute atomic E-state index is 5.94. The third-order valence-electron chi connectivity index (χ3n) is 5.36. The average molecular weight is 406 g/mol. The van der Waals surface area contributed by atoms with Crippen molar-refractivity contribution in [3.8, 4) is 22.6 Å². The summed E-state index contributed by atoms with van der Waals surface area (Å²) in [5.41, 5.74) is 7.94. The number of nitrogens with zero attached hydrogens (tertiary/aromatic N) is 1. The molecule has 0 aliphatic carbocycles. The fourth-order valence-corrected chi connectivity index (χ4v) is 3.80. The van der Waals surface area contributed by atoms with Gasteiger partial charge in [-0.25, -0.2) is 4.98 Å². The number of para-hydroxylation sites is 1. The van der Waals surface area contributed by atoms with E-state index in [2.05, 4.69) is 64.7 Å². The smallest absolute Gasteiger partial charge is 0.127 e. The molecule has 4 nitrogen and oxygen atoms in total. The second-order valence-electron chi connectivity index (χ2n) is 7.54. The van der Waals surface area contributed by atoms with Crippen molar-refractivity contribution in [2.45, 2.75) is 13.5 Å². The highest BCUT2D eigenvalue weighted by molar-refractivity contribution is 5.81. The highest BCUT2D eigenvalue weighted by atomic mass is 16.5. The predicted octanol–water partition coefficient (Wildman–Crippen LogP) is 6.94. The Morgan fingerprint density at radius 1 is 0.839 bits per heavy atom. The Bertz CT molecular complexity index is 1310. The summed E-state index contributed by atoms with van der Waals surface area (Å²) in [4.78, 5) is 7.47. The van der Waals surface area contributed by atoms with Gasteiger partial charge in [0.15, 0.2) is 0 Å². The fraction of sp³-hybridized carbons (Fsp3) is 0.0741. The van der Waals surface area contributed by atoms with Gasteiger partial charge >= 0.3 is 0 Å². The Morgan fingerprint density at radius 3 is 2.48 bits per heavy atom. The van der Waals surface area contributed by atoms with Crippen molar-refractivity contribution in [2.24, 2.45) is 0 Å². The molecule has 0 saturated heterocycles. The van der Waals surface area contributed by atoms with Crippen LogP contribution in [0.25, 0.3) is 22.2 Å². The van der Waals surface area contributed by atoms with E-state index in [0.29, 0.717) is 0 Å². The Morgan fingerprint density at radius 2 is 1.65 bits per heavy atom. The Hall–Kier alpha value is -4.05. The lowest BCUT2D eigenvalue weighted by molar-refractivity contribution is 0.483. The summed E-state index contributed by atoms with van der Waals surface area (Å²) < 4.78 is 5.94. The number of hydrogen-bond donors (Lipinski definition) is 2. The number of aromatic amines is 1. The molecule has 152 valence electrons. The minimum Gasteiger partial charge on any atom is -0.457 e. The predicted molar refractivity (Wildman–Crippen MR) is 127 cm³/mol. The molecular weight excluding hydrogens is 382 g/mol. The first-order valence-corrected chi connectivity index (χ1v) is 10.3. The van der Waals surface area contributed by atoms with E-state index in [1.807, 2.05) is 48.5 Å². The number of imidazole rings is 1. The molecule has 2 N–H and O–H groups in total. The second kappa shape index (κ2) is 8.36. The van der Waals surface area contributed by atoms with Crippen molar-refractivity contribution in [1.29, 1.82) is 0 Å². The number of rotatable bonds is 6. The van der Waals surface area contributed by atoms with Crippen molar-refractivity contribution >= 4 is 16.7 Å². The highest BCUT2D eigenvalue weighted by Gasteiger charge is 2.09. The van der Waals surface area contributed by atoms with Crippen LogP contribution in [0.4, 0.5) is 5.69 Å². The highest BCUT2D eigenvalue weighted by Crippen LogP contribution is 2.33. The zero-order chi connectivity index (χ0) is 21.0. The number of benzene rings is 4. The Kier molecular flexibility index (Phi) is 5.11. The molecular formula is C27H23N3O. The van der Waals surface area contributed by atoms with E-state index < -0.39 is 0 Å². The van der Waals surface area contributed by atoms with Crippen molar-refractivity contribution in [1.82, 2.24) is 9.97 Å². The van der Waals surface area contributed by atoms with Gasteiger partial charge in [0.2, 0.25) is 0 Å². The molecule has 4 aromatic carbocycles. The van der Waals surface area contributed by atoms with Gasteiger partial charge in [-0.1, -0.05) is 48.5 Å². The summed E-state index contributed by atoms with van der Waals surface area (Å²) in [5, 5.41) is 3.61. The van der Waals surface area contributed by atoms with Crippen LogP contribution in [0.5, 0.6) is 11.5 Å². The molecule has 5 aromatic rings. The first kappa shape index (κ1) is 18.9. The van der Waals surface area contributed by atoms with Gasteiger partial charge in [-0.2, -0.15) is 0 Å². The summed E-state index contributed by atoms with van der Waals surface area (Å²) in [6.07, 6.45) is 1.73. The van der Waals surface area contributed by atoms with Crippen molar-refractivity contribution in [3.05, 3.63) is 108 Å². The van der Waals surface area contributed by atoms with Gasteiger partial charge < -0.3 is 15.0 Å². The van der Waals surface area contributed by atoms with Crippen LogP contribution in [0.3, 0.4) is 0 Å². The van der Waals surface area contributed by atoms with Crippen LogP contribution >= 0.6 is 0 Å². The van der Waals surface area contributed by atoms with E-state index in [0.717, 1.165) is 40.3 Å². The summed E-state index contributed by atoms with van der Waals surface area (Å²) in [7, 11) is 0. The molecule has 0 aliphatic heterocycles. The zero-order valence-corrected chi connectivity index (χ0v) is 17.3. The summed E-state index contributed by atoms with van der Waals surface area (Å²) in [6.45, 7) is 2.88. The quantitative estimate of drug-likeness (QED) is 0.322. The van der Waals surface area contributed by atoms with Gasteiger partial charge in [0.1, 0.15) is 11.5 Å². The van der Waals surface area contributed by atoms with Gasteiger partial charge in [-0.15, -0.1) is 0 Å². The topological polar surface area (TPSA) is 49.9 Å². The molecule has 0 unspecified atom stereocenters. The number of hydrogen-bond acceptors (Lipinski definition) is 3. The minimum atomic E-state index is 0.737. The molecule has 0 amide bonds. The Labute approximate surface area is 181 Å². The van der Waals surface area contributed by atoms with Gasteiger partial charge in [-0.3, -0.25) is 0 Å². The second-order valence-corrected chi connectivity index (χ2v) is 7.54. The van der Waals surface area contributed by atoms with E-state index >= 15 is 0 Å². The molecule has 0 fully saturated rings. The lowest BCUT2D eigenvalue weighted by atomic mass is 9.98. The molecule has 5 rings (SSSR count). The molecule has 31 heavy (non-hydrogen) atoms. The lowest BCUT2D eigenvalue weighted by Crippen LogP contribution is -2.02. The average Bonchev–Trinajstić information content (AvgIpc) is 3.27. The van der Waals surface area contributed by atoms with E-state index in [1.54, 1.807) is 6.33 Å². The van der Waals surface area contributed by atoms with E-state index in [4.69, 9.17) is 4.74 Å². The SMILES string of the molecule is Cc1cccc(NCc2ccc3nc[nH]c3c2)c1-c1ccc(Oc2ccccc2)cc1.